The summed E-state index contributed by atoms with van der Waals surface area (Å²) in [7, 11) is 1.41. The number of nitrogens with zero attached hydrogens (tertiary/aromatic N) is 2. The SMILES string of the molecule is CCN(CC)C(=O)CN(C)C(=O)N[C@H](CCO)C(=O)O. The molecule has 0 saturated carbocycles. The summed E-state index contributed by atoms with van der Waals surface area (Å²) in [5, 5.41) is 19.8. The first-order valence-corrected chi connectivity index (χ1v) is 6.50. The van der Waals surface area contributed by atoms with Gasteiger partial charge in [-0.05, 0) is 13.8 Å². The second-order valence-electron chi connectivity index (χ2n) is 4.27. The van der Waals surface area contributed by atoms with Gasteiger partial charge in [-0.2, -0.15) is 0 Å². The highest BCUT2D eigenvalue weighted by atomic mass is 16.4. The molecule has 0 aliphatic rings. The molecule has 116 valence electrons. The fourth-order valence-electron chi connectivity index (χ4n) is 1.60. The summed E-state index contributed by atoms with van der Waals surface area (Å²) in [5.74, 6) is -1.43. The quantitative estimate of drug-likeness (QED) is 0.549. The smallest absolute Gasteiger partial charge is 0.326 e. The predicted molar refractivity (Wildman–Crippen MR) is 72.2 cm³/mol. The molecule has 0 unspecified atom stereocenters. The van der Waals surface area contributed by atoms with E-state index in [1.54, 1.807) is 4.90 Å². The van der Waals surface area contributed by atoms with E-state index in [1.165, 1.54) is 7.05 Å². The Labute approximate surface area is 118 Å². The van der Waals surface area contributed by atoms with Crippen LogP contribution < -0.4 is 5.32 Å². The van der Waals surface area contributed by atoms with E-state index >= 15 is 0 Å². The number of likely N-dealkylation sites (N-methyl/N-ethyl adjacent to an activating group) is 2. The maximum atomic E-state index is 11.8. The molecule has 0 aromatic carbocycles. The number of carboxylic acids is 1. The topological polar surface area (TPSA) is 110 Å². The summed E-state index contributed by atoms with van der Waals surface area (Å²) in [4.78, 5) is 37.1. The molecule has 20 heavy (non-hydrogen) atoms. The van der Waals surface area contributed by atoms with Crippen molar-refractivity contribution in [2.24, 2.45) is 0 Å². The number of amides is 3. The highest BCUT2D eigenvalue weighted by molar-refractivity contribution is 5.86. The van der Waals surface area contributed by atoms with Crippen LogP contribution in [0.2, 0.25) is 0 Å². The van der Waals surface area contributed by atoms with Gasteiger partial charge < -0.3 is 25.3 Å². The van der Waals surface area contributed by atoms with Gasteiger partial charge in [-0.15, -0.1) is 0 Å². The molecule has 8 heteroatoms. The zero-order valence-electron chi connectivity index (χ0n) is 12.1. The molecule has 0 heterocycles. The molecule has 3 N–H and O–H groups in total. The monoisotopic (exact) mass is 289 g/mol. The molecule has 3 amide bonds. The van der Waals surface area contributed by atoms with Gasteiger partial charge >= 0.3 is 12.0 Å². The minimum absolute atomic E-state index is 0.0844. The van der Waals surface area contributed by atoms with Crippen LogP contribution in [0, 0.1) is 0 Å². The third-order valence-electron chi connectivity index (χ3n) is 2.85. The molecule has 0 spiro atoms. The van der Waals surface area contributed by atoms with Gasteiger partial charge in [0.2, 0.25) is 5.91 Å². The molecule has 1 atom stereocenters. The van der Waals surface area contributed by atoms with Crippen molar-refractivity contribution in [2.45, 2.75) is 26.3 Å². The first kappa shape index (κ1) is 18.2. The van der Waals surface area contributed by atoms with Gasteiger partial charge in [0.25, 0.3) is 0 Å². The largest absolute Gasteiger partial charge is 0.480 e. The third-order valence-corrected chi connectivity index (χ3v) is 2.85. The Kier molecular flexibility index (Phi) is 8.30. The van der Waals surface area contributed by atoms with E-state index in [0.717, 1.165) is 4.90 Å². The number of hydrogen-bond acceptors (Lipinski definition) is 4. The van der Waals surface area contributed by atoms with Crippen molar-refractivity contribution >= 4 is 17.9 Å². The van der Waals surface area contributed by atoms with Crippen LogP contribution in [0.1, 0.15) is 20.3 Å². The Balaban J connectivity index is 4.47. The summed E-state index contributed by atoms with van der Waals surface area (Å²) in [6, 6.07) is -1.83. The van der Waals surface area contributed by atoms with Crippen LogP contribution in [0.15, 0.2) is 0 Å². The van der Waals surface area contributed by atoms with Gasteiger partial charge in [0.1, 0.15) is 12.6 Å². The second kappa shape index (κ2) is 9.13. The Morgan fingerprint density at radius 3 is 2.15 bits per heavy atom. The second-order valence-corrected chi connectivity index (χ2v) is 4.27. The zero-order valence-corrected chi connectivity index (χ0v) is 12.1. The fraction of sp³-hybridized carbons (Fsp3) is 0.750. The molecule has 0 rings (SSSR count). The van der Waals surface area contributed by atoms with Gasteiger partial charge in [-0.1, -0.05) is 0 Å². The van der Waals surface area contributed by atoms with Gasteiger partial charge in [0, 0.05) is 33.2 Å². The first-order valence-electron chi connectivity index (χ1n) is 6.50. The fourth-order valence-corrected chi connectivity index (χ4v) is 1.60. The normalized spacial score (nSPS) is 11.6. The number of nitrogens with one attached hydrogen (secondary N) is 1. The lowest BCUT2D eigenvalue weighted by atomic mass is 10.2. The Morgan fingerprint density at radius 2 is 1.75 bits per heavy atom. The maximum absolute atomic E-state index is 11.8. The van der Waals surface area contributed by atoms with E-state index in [9.17, 15) is 14.4 Å². The minimum atomic E-state index is -1.23. The molecule has 0 saturated heterocycles. The number of carboxylic acid groups (broad SMARTS) is 1. The van der Waals surface area contributed by atoms with Crippen LogP contribution in [0.4, 0.5) is 4.79 Å². The van der Waals surface area contributed by atoms with Crippen LogP contribution in [0.5, 0.6) is 0 Å². The molecule has 0 aliphatic carbocycles. The summed E-state index contributed by atoms with van der Waals surface area (Å²) < 4.78 is 0. The summed E-state index contributed by atoms with van der Waals surface area (Å²) in [6.07, 6.45) is -0.0844. The van der Waals surface area contributed by atoms with Gasteiger partial charge in [0.15, 0.2) is 0 Å². The highest BCUT2D eigenvalue weighted by Crippen LogP contribution is 1.96. The Morgan fingerprint density at radius 1 is 1.20 bits per heavy atom. The van der Waals surface area contributed by atoms with Crippen LogP contribution >= 0.6 is 0 Å². The number of carbonyl (C=O) groups is 3. The van der Waals surface area contributed by atoms with Crippen LogP contribution in [0.3, 0.4) is 0 Å². The Bertz CT molecular complexity index is 344. The molecule has 0 aliphatic heterocycles. The number of hydrogen-bond donors (Lipinski definition) is 3. The van der Waals surface area contributed by atoms with E-state index in [4.69, 9.17) is 10.2 Å². The van der Waals surface area contributed by atoms with E-state index in [-0.39, 0.29) is 25.5 Å². The van der Waals surface area contributed by atoms with Gasteiger partial charge in [-0.3, -0.25) is 4.79 Å². The molecule has 0 aromatic rings. The van der Waals surface area contributed by atoms with E-state index in [2.05, 4.69) is 5.32 Å². The number of urea groups is 1. The lowest BCUT2D eigenvalue weighted by molar-refractivity contribution is -0.139. The van der Waals surface area contributed by atoms with Crippen molar-refractivity contribution < 1.29 is 24.6 Å². The lowest BCUT2D eigenvalue weighted by Gasteiger charge is -2.24. The molecule has 0 bridgehead atoms. The molecule has 0 aromatic heterocycles. The molecular weight excluding hydrogens is 266 g/mol. The number of aliphatic carboxylic acids is 1. The molecular formula is C12H23N3O5. The highest BCUT2D eigenvalue weighted by Gasteiger charge is 2.22. The van der Waals surface area contributed by atoms with Crippen molar-refractivity contribution in [3.8, 4) is 0 Å². The van der Waals surface area contributed by atoms with E-state index in [1.807, 2.05) is 13.8 Å². The first-order chi connectivity index (χ1) is 9.37. The van der Waals surface area contributed by atoms with E-state index in [0.29, 0.717) is 13.1 Å². The Hall–Kier alpha value is -1.83. The third kappa shape index (κ3) is 5.87. The van der Waals surface area contributed by atoms with Gasteiger partial charge in [0.05, 0.1) is 0 Å². The zero-order chi connectivity index (χ0) is 15.7. The van der Waals surface area contributed by atoms with Crippen molar-refractivity contribution in [1.29, 1.82) is 0 Å². The summed E-state index contributed by atoms with van der Waals surface area (Å²) >= 11 is 0. The molecule has 0 radical (unpaired) electrons. The number of rotatable bonds is 8. The lowest BCUT2D eigenvalue weighted by Crippen LogP contribution is -2.49. The summed E-state index contributed by atoms with van der Waals surface area (Å²) in [5.41, 5.74) is 0. The average Bonchev–Trinajstić information content (AvgIpc) is 2.39. The minimum Gasteiger partial charge on any atom is -0.480 e. The molecule has 0 fully saturated rings. The van der Waals surface area contributed by atoms with Gasteiger partial charge in [-0.25, -0.2) is 9.59 Å². The van der Waals surface area contributed by atoms with E-state index < -0.39 is 18.0 Å². The summed E-state index contributed by atoms with van der Waals surface area (Å²) in [6.45, 7) is 4.30. The van der Waals surface area contributed by atoms with Crippen LogP contribution in [0.25, 0.3) is 0 Å². The average molecular weight is 289 g/mol. The maximum Gasteiger partial charge on any atom is 0.326 e. The predicted octanol–water partition coefficient (Wildman–Crippen LogP) is -0.668. The molecule has 8 nitrogen and oxygen atoms in total. The standard InChI is InChI=1S/C12H23N3O5/c1-4-15(5-2)10(17)8-14(3)12(20)13-9(6-7-16)11(18)19/h9,16H,4-8H2,1-3H3,(H,13,20)(H,18,19)/t9-/m1/s1. The number of aliphatic hydroxyl groups excluding tert-OH is 1. The van der Waals surface area contributed by atoms with Crippen molar-refractivity contribution in [3.63, 3.8) is 0 Å². The van der Waals surface area contributed by atoms with Crippen LogP contribution in [-0.2, 0) is 9.59 Å². The van der Waals surface area contributed by atoms with Crippen molar-refractivity contribution in [3.05, 3.63) is 0 Å². The van der Waals surface area contributed by atoms with Crippen molar-refractivity contribution in [1.82, 2.24) is 15.1 Å². The number of carbonyl (C=O) groups excluding carboxylic acids is 2. The van der Waals surface area contributed by atoms with Crippen molar-refractivity contribution in [2.75, 3.05) is 33.3 Å². The number of aliphatic hydroxyl groups is 1. The van der Waals surface area contributed by atoms with Crippen LogP contribution in [-0.4, -0.2) is 77.3 Å².